The van der Waals surface area contributed by atoms with E-state index in [1.165, 1.54) is 11.3 Å². The van der Waals surface area contributed by atoms with Gasteiger partial charge in [-0.05, 0) is 30.0 Å². The van der Waals surface area contributed by atoms with Crippen LogP contribution in [-0.2, 0) is 23.1 Å². The summed E-state index contributed by atoms with van der Waals surface area (Å²) in [5.74, 6) is -0.940. The van der Waals surface area contributed by atoms with E-state index in [1.54, 1.807) is 17.8 Å². The van der Waals surface area contributed by atoms with E-state index >= 15 is 0 Å². The van der Waals surface area contributed by atoms with Gasteiger partial charge in [0.05, 0.1) is 27.2 Å². The van der Waals surface area contributed by atoms with E-state index in [0.717, 1.165) is 10.4 Å². The highest BCUT2D eigenvalue weighted by atomic mass is 32.1. The third-order valence-corrected chi connectivity index (χ3v) is 5.52. The van der Waals surface area contributed by atoms with Crippen LogP contribution in [0.1, 0.15) is 21.6 Å². The molecule has 0 atom stereocenters. The van der Waals surface area contributed by atoms with Crippen molar-refractivity contribution in [3.63, 3.8) is 0 Å². The maximum absolute atomic E-state index is 12.9. The molecule has 0 saturated carbocycles. The first-order valence-corrected chi connectivity index (χ1v) is 10.3. The number of aryl methyl sites for hydroxylation is 2. The highest BCUT2D eigenvalue weighted by Gasteiger charge is 2.21. The minimum Gasteiger partial charge on any atom is -0.452 e. The zero-order valence-corrected chi connectivity index (χ0v) is 17.4. The Morgan fingerprint density at radius 2 is 1.97 bits per heavy atom. The second-order valence-corrected chi connectivity index (χ2v) is 7.73. The average Bonchev–Trinajstić information content (AvgIpc) is 3.39. The summed E-state index contributed by atoms with van der Waals surface area (Å²) in [7, 11) is 1.78. The Morgan fingerprint density at radius 1 is 1.17 bits per heavy atom. The number of ether oxygens (including phenoxy) is 1. The Kier molecular flexibility index (Phi) is 5.58. The van der Waals surface area contributed by atoms with E-state index in [1.807, 2.05) is 54.8 Å². The number of esters is 1. The van der Waals surface area contributed by atoms with Gasteiger partial charge in [-0.3, -0.25) is 9.48 Å². The molecule has 152 valence electrons. The molecule has 1 aromatic carbocycles. The minimum atomic E-state index is -0.578. The van der Waals surface area contributed by atoms with Crippen molar-refractivity contribution in [3.8, 4) is 10.6 Å². The Morgan fingerprint density at radius 3 is 2.70 bits per heavy atom. The van der Waals surface area contributed by atoms with Crippen LogP contribution in [0.15, 0.2) is 53.9 Å². The van der Waals surface area contributed by atoms with Crippen molar-refractivity contribution in [2.45, 2.75) is 13.5 Å². The summed E-state index contributed by atoms with van der Waals surface area (Å²) in [4.78, 5) is 30.6. The molecule has 4 aromatic rings. The zero-order valence-electron chi connectivity index (χ0n) is 16.6. The number of nitrogens with zero attached hydrogens (tertiary/aromatic N) is 3. The number of thiophene rings is 1. The summed E-state index contributed by atoms with van der Waals surface area (Å²) in [6, 6.07) is 15.1. The van der Waals surface area contributed by atoms with Crippen LogP contribution >= 0.6 is 11.3 Å². The van der Waals surface area contributed by atoms with Crippen LogP contribution in [0.4, 0.5) is 0 Å². The fraction of sp³-hybridized carbons (Fsp3) is 0.182. The van der Waals surface area contributed by atoms with Gasteiger partial charge in [-0.1, -0.05) is 36.4 Å². The monoisotopic (exact) mass is 420 g/mol. The Balaban J connectivity index is 1.53. The predicted molar refractivity (Wildman–Crippen MR) is 115 cm³/mol. The summed E-state index contributed by atoms with van der Waals surface area (Å²) in [5.41, 5.74) is 3.27. The van der Waals surface area contributed by atoms with Crippen LogP contribution in [0.25, 0.3) is 21.6 Å². The number of pyridine rings is 1. The lowest BCUT2D eigenvalue weighted by Gasteiger charge is -2.09. The van der Waals surface area contributed by atoms with Crippen LogP contribution in [0.2, 0.25) is 0 Å². The SMILES string of the molecule is Cc1nn(C)c2nc(-c3cccs3)cc(C(=O)OCC(=O)NCc3ccccc3)c12. The molecule has 1 amide bonds. The summed E-state index contributed by atoms with van der Waals surface area (Å²) in [5, 5.41) is 9.71. The lowest BCUT2D eigenvalue weighted by Crippen LogP contribution is -2.28. The van der Waals surface area contributed by atoms with Crippen molar-refractivity contribution in [1.29, 1.82) is 0 Å². The van der Waals surface area contributed by atoms with E-state index < -0.39 is 5.97 Å². The fourth-order valence-electron chi connectivity index (χ4n) is 3.21. The summed E-state index contributed by atoms with van der Waals surface area (Å²) in [6.45, 7) is 1.84. The Hall–Kier alpha value is -3.52. The molecule has 0 aliphatic rings. The number of fused-ring (bicyclic) bond motifs is 1. The number of nitrogens with one attached hydrogen (secondary N) is 1. The lowest BCUT2D eigenvalue weighted by molar-refractivity contribution is -0.124. The van der Waals surface area contributed by atoms with Gasteiger partial charge in [0, 0.05) is 13.6 Å². The molecular weight excluding hydrogens is 400 g/mol. The van der Waals surface area contributed by atoms with Crippen molar-refractivity contribution in [1.82, 2.24) is 20.1 Å². The smallest absolute Gasteiger partial charge is 0.339 e. The molecule has 3 aromatic heterocycles. The van der Waals surface area contributed by atoms with E-state index in [-0.39, 0.29) is 12.5 Å². The standard InChI is InChI=1S/C22H20N4O3S/c1-14-20-16(11-17(18-9-6-10-30-18)24-21(20)26(2)25-14)22(28)29-13-19(27)23-12-15-7-4-3-5-8-15/h3-11H,12-13H2,1-2H3,(H,23,27). The number of carbonyl (C=O) groups is 2. The van der Waals surface area contributed by atoms with Gasteiger partial charge in [0.25, 0.3) is 5.91 Å². The van der Waals surface area contributed by atoms with Crippen molar-refractivity contribution in [3.05, 3.63) is 70.7 Å². The summed E-state index contributed by atoms with van der Waals surface area (Å²) >= 11 is 1.53. The van der Waals surface area contributed by atoms with Crippen molar-refractivity contribution in [2.24, 2.45) is 7.05 Å². The molecule has 3 heterocycles. The van der Waals surface area contributed by atoms with Crippen LogP contribution < -0.4 is 5.32 Å². The molecule has 0 saturated heterocycles. The van der Waals surface area contributed by atoms with Crippen molar-refractivity contribution < 1.29 is 14.3 Å². The topological polar surface area (TPSA) is 86.1 Å². The van der Waals surface area contributed by atoms with Gasteiger partial charge >= 0.3 is 5.97 Å². The van der Waals surface area contributed by atoms with E-state index in [2.05, 4.69) is 15.4 Å². The second kappa shape index (κ2) is 8.46. The predicted octanol–water partition coefficient (Wildman–Crippen LogP) is 3.48. The molecule has 4 rings (SSSR count). The van der Waals surface area contributed by atoms with Crippen molar-refractivity contribution >= 4 is 34.2 Å². The molecule has 0 fully saturated rings. The van der Waals surface area contributed by atoms with Crippen molar-refractivity contribution in [2.75, 3.05) is 6.61 Å². The molecule has 0 spiro atoms. The maximum atomic E-state index is 12.9. The second-order valence-electron chi connectivity index (χ2n) is 6.78. The molecule has 30 heavy (non-hydrogen) atoms. The lowest BCUT2D eigenvalue weighted by atomic mass is 10.1. The normalized spacial score (nSPS) is 10.9. The quantitative estimate of drug-likeness (QED) is 0.483. The summed E-state index contributed by atoms with van der Waals surface area (Å²) < 4.78 is 6.95. The van der Waals surface area contributed by atoms with Gasteiger partial charge in [-0.2, -0.15) is 5.10 Å². The van der Waals surface area contributed by atoms with Gasteiger partial charge in [0.1, 0.15) is 0 Å². The Labute approximate surface area is 177 Å². The average molecular weight is 420 g/mol. The zero-order chi connectivity index (χ0) is 21.1. The van der Waals surface area contributed by atoms with E-state index in [0.29, 0.717) is 34.5 Å². The molecule has 0 unspecified atom stereocenters. The first-order chi connectivity index (χ1) is 14.5. The number of carbonyl (C=O) groups excluding carboxylic acids is 2. The van der Waals surface area contributed by atoms with Gasteiger partial charge in [-0.25, -0.2) is 9.78 Å². The van der Waals surface area contributed by atoms with E-state index in [9.17, 15) is 9.59 Å². The third-order valence-electron chi connectivity index (χ3n) is 4.63. The fourth-order valence-corrected chi connectivity index (χ4v) is 3.90. The molecule has 7 nitrogen and oxygen atoms in total. The molecule has 0 radical (unpaired) electrons. The number of amides is 1. The number of aromatic nitrogens is 3. The number of hydrogen-bond donors (Lipinski definition) is 1. The first-order valence-electron chi connectivity index (χ1n) is 9.39. The number of benzene rings is 1. The minimum absolute atomic E-state index is 0.352. The number of rotatable bonds is 6. The first kappa shape index (κ1) is 19.8. The van der Waals surface area contributed by atoms with Gasteiger partial charge < -0.3 is 10.1 Å². The Bertz CT molecular complexity index is 1200. The molecule has 0 aliphatic carbocycles. The van der Waals surface area contributed by atoms with Gasteiger partial charge in [0.15, 0.2) is 12.3 Å². The van der Waals surface area contributed by atoms with Gasteiger partial charge in [-0.15, -0.1) is 11.3 Å². The molecule has 0 bridgehead atoms. The van der Waals surface area contributed by atoms with Crippen LogP contribution in [-0.4, -0.2) is 33.2 Å². The molecular formula is C22H20N4O3S. The third kappa shape index (κ3) is 4.08. The highest BCUT2D eigenvalue weighted by molar-refractivity contribution is 7.13. The van der Waals surface area contributed by atoms with Crippen LogP contribution in [0.3, 0.4) is 0 Å². The molecule has 8 heteroatoms. The summed E-state index contributed by atoms with van der Waals surface area (Å²) in [6.07, 6.45) is 0. The van der Waals surface area contributed by atoms with E-state index in [4.69, 9.17) is 4.74 Å². The number of hydrogen-bond acceptors (Lipinski definition) is 6. The van der Waals surface area contributed by atoms with Crippen LogP contribution in [0.5, 0.6) is 0 Å². The maximum Gasteiger partial charge on any atom is 0.339 e. The molecule has 1 N–H and O–H groups in total. The van der Waals surface area contributed by atoms with Gasteiger partial charge in [0.2, 0.25) is 0 Å². The largest absolute Gasteiger partial charge is 0.452 e. The highest BCUT2D eigenvalue weighted by Crippen LogP contribution is 2.29. The molecule has 0 aliphatic heterocycles. The van der Waals surface area contributed by atoms with Crippen LogP contribution in [0, 0.1) is 6.92 Å².